The number of carbonyl (C=O) groups excluding carboxylic acids is 1. The summed E-state index contributed by atoms with van der Waals surface area (Å²) >= 11 is 11.9. The van der Waals surface area contributed by atoms with Crippen molar-refractivity contribution in [1.29, 1.82) is 0 Å². The topological polar surface area (TPSA) is 38.3 Å². The fraction of sp³-hybridized carbons (Fsp3) is 0.235. The van der Waals surface area contributed by atoms with Crippen LogP contribution in [0.4, 0.5) is 0 Å². The third-order valence-corrected chi connectivity index (χ3v) is 4.15. The van der Waals surface area contributed by atoms with Gasteiger partial charge in [0.15, 0.2) is 0 Å². The fourth-order valence-electron chi connectivity index (χ4n) is 2.09. The molecule has 1 aliphatic rings. The molecule has 2 aromatic carbocycles. The zero-order valence-electron chi connectivity index (χ0n) is 11.8. The molecule has 3 nitrogen and oxygen atoms in total. The minimum atomic E-state index is -0.709. The van der Waals surface area contributed by atoms with Crippen molar-refractivity contribution in [3.63, 3.8) is 0 Å². The first-order valence-electron chi connectivity index (χ1n) is 7.10. The average molecular weight is 336 g/mol. The van der Waals surface area contributed by atoms with Crippen LogP contribution >= 0.6 is 23.2 Å². The molecule has 0 radical (unpaired) electrons. The first-order chi connectivity index (χ1) is 10.6. The van der Waals surface area contributed by atoms with E-state index in [9.17, 15) is 4.79 Å². The maximum absolute atomic E-state index is 12.5. The number of nitrogens with one attached hydrogen (secondary N) is 1. The summed E-state index contributed by atoms with van der Waals surface area (Å²) in [6, 6.07) is 14.6. The van der Waals surface area contributed by atoms with Crippen molar-refractivity contribution in [3.05, 3.63) is 64.1 Å². The highest BCUT2D eigenvalue weighted by Crippen LogP contribution is 2.30. The van der Waals surface area contributed by atoms with Crippen molar-refractivity contribution in [1.82, 2.24) is 5.32 Å². The Kier molecular flexibility index (Phi) is 4.55. The Bertz CT molecular complexity index is 672. The molecule has 0 aromatic heterocycles. The number of rotatable bonds is 5. The van der Waals surface area contributed by atoms with Crippen LogP contribution in [0.3, 0.4) is 0 Å². The summed E-state index contributed by atoms with van der Waals surface area (Å²) in [4.78, 5) is 12.5. The van der Waals surface area contributed by atoms with Crippen LogP contribution in [0.25, 0.3) is 0 Å². The van der Waals surface area contributed by atoms with E-state index in [4.69, 9.17) is 27.9 Å². The van der Waals surface area contributed by atoms with E-state index in [-0.39, 0.29) is 11.9 Å². The van der Waals surface area contributed by atoms with Crippen LogP contribution in [0.2, 0.25) is 10.0 Å². The van der Waals surface area contributed by atoms with Gasteiger partial charge in [-0.2, -0.15) is 0 Å². The average Bonchev–Trinajstić information content (AvgIpc) is 3.33. The number of halogens is 2. The van der Waals surface area contributed by atoms with Crippen molar-refractivity contribution in [2.45, 2.75) is 25.0 Å². The monoisotopic (exact) mass is 335 g/mol. The third kappa shape index (κ3) is 3.73. The van der Waals surface area contributed by atoms with Crippen molar-refractivity contribution in [2.75, 3.05) is 0 Å². The molecule has 1 amide bonds. The second-order valence-corrected chi connectivity index (χ2v) is 6.08. The zero-order chi connectivity index (χ0) is 15.5. The Balaban J connectivity index is 1.83. The Morgan fingerprint density at radius 1 is 1.09 bits per heavy atom. The molecule has 0 aliphatic heterocycles. The van der Waals surface area contributed by atoms with Crippen LogP contribution in [-0.2, 0) is 4.79 Å². The summed E-state index contributed by atoms with van der Waals surface area (Å²) in [5, 5.41) is 3.82. The summed E-state index contributed by atoms with van der Waals surface area (Å²) in [6.45, 7) is 0. The van der Waals surface area contributed by atoms with Crippen molar-refractivity contribution in [3.8, 4) is 5.75 Å². The minimum Gasteiger partial charge on any atom is -0.476 e. The molecule has 1 saturated carbocycles. The fourth-order valence-corrected chi connectivity index (χ4v) is 2.38. The molecule has 1 N–H and O–H groups in total. The lowest BCUT2D eigenvalue weighted by Gasteiger charge is -2.19. The predicted octanol–water partition coefficient (Wildman–Crippen LogP) is 4.39. The predicted molar refractivity (Wildman–Crippen MR) is 87.4 cm³/mol. The van der Waals surface area contributed by atoms with E-state index in [0.29, 0.717) is 15.8 Å². The van der Waals surface area contributed by atoms with Crippen LogP contribution in [0, 0.1) is 0 Å². The molecular formula is C17H15Cl2NO2. The van der Waals surface area contributed by atoms with Gasteiger partial charge < -0.3 is 10.1 Å². The second kappa shape index (κ2) is 6.59. The molecule has 1 atom stereocenters. The Labute approximate surface area is 139 Å². The van der Waals surface area contributed by atoms with Crippen molar-refractivity contribution in [2.24, 2.45) is 0 Å². The highest BCUT2D eigenvalue weighted by Gasteiger charge is 2.29. The Morgan fingerprint density at radius 3 is 2.45 bits per heavy atom. The smallest absolute Gasteiger partial charge is 0.266 e. The molecule has 0 bridgehead atoms. The van der Waals surface area contributed by atoms with Gasteiger partial charge in [-0.3, -0.25) is 4.79 Å². The molecule has 1 fully saturated rings. The SMILES string of the molecule is O=C(NC1CC1)C(Oc1ccc(Cl)c(Cl)c1)c1ccccc1. The highest BCUT2D eigenvalue weighted by molar-refractivity contribution is 6.42. The van der Waals surface area contributed by atoms with E-state index in [0.717, 1.165) is 18.4 Å². The molecule has 1 aliphatic carbocycles. The standard InChI is InChI=1S/C17H15Cl2NO2/c18-14-9-8-13(10-15(14)19)22-16(11-4-2-1-3-5-11)17(21)20-12-6-7-12/h1-5,8-10,12,16H,6-7H2,(H,20,21). The summed E-state index contributed by atoms with van der Waals surface area (Å²) in [5.41, 5.74) is 0.798. The lowest BCUT2D eigenvalue weighted by Crippen LogP contribution is -2.33. The number of amides is 1. The number of carbonyl (C=O) groups is 1. The van der Waals surface area contributed by atoms with Gasteiger partial charge in [-0.1, -0.05) is 53.5 Å². The molecule has 114 valence electrons. The van der Waals surface area contributed by atoms with Gasteiger partial charge in [-0.15, -0.1) is 0 Å². The highest BCUT2D eigenvalue weighted by atomic mass is 35.5. The van der Waals surface area contributed by atoms with Gasteiger partial charge in [0.1, 0.15) is 5.75 Å². The Morgan fingerprint density at radius 2 is 1.82 bits per heavy atom. The van der Waals surface area contributed by atoms with Gasteiger partial charge in [0.2, 0.25) is 6.10 Å². The molecule has 1 unspecified atom stereocenters. The normalized spacial score (nSPS) is 15.2. The number of benzene rings is 2. The number of hydrogen-bond acceptors (Lipinski definition) is 2. The third-order valence-electron chi connectivity index (χ3n) is 3.41. The van der Waals surface area contributed by atoms with E-state index < -0.39 is 6.10 Å². The molecule has 3 rings (SSSR count). The van der Waals surface area contributed by atoms with Gasteiger partial charge in [-0.05, 0) is 25.0 Å². The van der Waals surface area contributed by atoms with E-state index in [1.54, 1.807) is 18.2 Å². The molecule has 22 heavy (non-hydrogen) atoms. The quantitative estimate of drug-likeness (QED) is 0.879. The van der Waals surface area contributed by atoms with Crippen LogP contribution in [0.15, 0.2) is 48.5 Å². The first-order valence-corrected chi connectivity index (χ1v) is 7.86. The molecule has 2 aromatic rings. The summed E-state index contributed by atoms with van der Waals surface area (Å²) in [5.74, 6) is 0.369. The molecule has 5 heteroatoms. The van der Waals surface area contributed by atoms with E-state index in [1.165, 1.54) is 0 Å². The minimum absolute atomic E-state index is 0.139. The second-order valence-electron chi connectivity index (χ2n) is 5.27. The van der Waals surface area contributed by atoms with Gasteiger partial charge in [-0.25, -0.2) is 0 Å². The molecule has 0 heterocycles. The largest absolute Gasteiger partial charge is 0.476 e. The summed E-state index contributed by atoms with van der Waals surface area (Å²) < 4.78 is 5.87. The summed E-state index contributed by atoms with van der Waals surface area (Å²) in [7, 11) is 0. The van der Waals surface area contributed by atoms with Crippen LogP contribution in [0.1, 0.15) is 24.5 Å². The van der Waals surface area contributed by atoms with Crippen LogP contribution in [-0.4, -0.2) is 11.9 Å². The number of hydrogen-bond donors (Lipinski definition) is 1. The van der Waals surface area contributed by atoms with Crippen molar-refractivity contribution >= 4 is 29.1 Å². The molecule has 0 spiro atoms. The van der Waals surface area contributed by atoms with E-state index in [2.05, 4.69) is 5.32 Å². The van der Waals surface area contributed by atoms with E-state index >= 15 is 0 Å². The van der Waals surface area contributed by atoms with Gasteiger partial charge in [0.25, 0.3) is 5.91 Å². The maximum Gasteiger partial charge on any atom is 0.266 e. The lowest BCUT2D eigenvalue weighted by atomic mass is 10.1. The van der Waals surface area contributed by atoms with Crippen LogP contribution in [0.5, 0.6) is 5.75 Å². The van der Waals surface area contributed by atoms with Crippen LogP contribution < -0.4 is 10.1 Å². The zero-order valence-corrected chi connectivity index (χ0v) is 13.3. The maximum atomic E-state index is 12.5. The number of ether oxygens (including phenoxy) is 1. The molecule has 0 saturated heterocycles. The van der Waals surface area contributed by atoms with Gasteiger partial charge in [0, 0.05) is 17.7 Å². The lowest BCUT2D eigenvalue weighted by molar-refractivity contribution is -0.128. The summed E-state index contributed by atoms with van der Waals surface area (Å²) in [6.07, 6.45) is 1.35. The van der Waals surface area contributed by atoms with E-state index in [1.807, 2.05) is 30.3 Å². The van der Waals surface area contributed by atoms with Gasteiger partial charge >= 0.3 is 0 Å². The molecular weight excluding hydrogens is 321 g/mol. The Hall–Kier alpha value is -1.71. The van der Waals surface area contributed by atoms with Gasteiger partial charge in [0.05, 0.1) is 10.0 Å². The van der Waals surface area contributed by atoms with Crippen molar-refractivity contribution < 1.29 is 9.53 Å². The first kappa shape index (κ1) is 15.2.